The summed E-state index contributed by atoms with van der Waals surface area (Å²) in [4.78, 5) is 13.0. The van der Waals surface area contributed by atoms with Gasteiger partial charge in [-0.2, -0.15) is 5.10 Å². The predicted molar refractivity (Wildman–Crippen MR) is 143 cm³/mol. The summed E-state index contributed by atoms with van der Waals surface area (Å²) >= 11 is 0. The van der Waals surface area contributed by atoms with Crippen LogP contribution in [0.3, 0.4) is 0 Å². The number of aliphatic hydroxyl groups is 1. The maximum Gasteiger partial charge on any atom is 0.272 e. The quantitative estimate of drug-likeness (QED) is 0.447. The van der Waals surface area contributed by atoms with Crippen LogP contribution in [0, 0.1) is 0 Å². The summed E-state index contributed by atoms with van der Waals surface area (Å²) in [5, 5.41) is 24.7. The number of nitrogens with one attached hydrogen (secondary N) is 2. The van der Waals surface area contributed by atoms with Crippen LogP contribution < -0.4 is 15.4 Å². The Labute approximate surface area is 220 Å². The maximum atomic E-state index is 13.0. The number of aryl methyl sites for hydroxylation is 1. The molecule has 2 heterocycles. The predicted octanol–water partition coefficient (Wildman–Crippen LogP) is 4.50. The van der Waals surface area contributed by atoms with Gasteiger partial charge in [0.1, 0.15) is 5.75 Å². The molecule has 0 radical (unpaired) electrons. The zero-order valence-electron chi connectivity index (χ0n) is 20.4. The fraction of sp³-hybridized carbons (Fsp3) is 0.577. The molecule has 0 spiro atoms. The normalized spacial score (nSPS) is 19.9. The van der Waals surface area contributed by atoms with Crippen LogP contribution in [0.4, 0.5) is 0 Å². The van der Waals surface area contributed by atoms with Gasteiger partial charge in [-0.25, -0.2) is 0 Å². The molecule has 1 amide bonds. The molecule has 2 fully saturated rings. The number of halogens is 2. The monoisotopic (exact) mass is 524 g/mol. The smallest absolute Gasteiger partial charge is 0.272 e. The van der Waals surface area contributed by atoms with Crippen LogP contribution in [0.15, 0.2) is 30.3 Å². The molecule has 4 rings (SSSR count). The van der Waals surface area contributed by atoms with Gasteiger partial charge in [-0.05, 0) is 75.3 Å². The van der Waals surface area contributed by atoms with Crippen LogP contribution in [-0.4, -0.2) is 52.6 Å². The molecule has 2 aliphatic rings. The van der Waals surface area contributed by atoms with Gasteiger partial charge in [-0.3, -0.25) is 4.79 Å². The van der Waals surface area contributed by atoms with E-state index in [0.29, 0.717) is 19.1 Å². The molecule has 1 aliphatic heterocycles. The minimum atomic E-state index is -0.641. The third kappa shape index (κ3) is 7.53. The molecule has 1 aliphatic carbocycles. The Morgan fingerprint density at radius 2 is 1.91 bits per heavy atom. The highest BCUT2D eigenvalue weighted by Gasteiger charge is 2.35. The zero-order valence-corrected chi connectivity index (χ0v) is 22.1. The molecule has 3 N–H and O–H groups in total. The Bertz CT molecular complexity index is 931. The van der Waals surface area contributed by atoms with Crippen molar-refractivity contribution in [1.29, 1.82) is 0 Å². The molecule has 7 nitrogen and oxygen atoms in total. The van der Waals surface area contributed by atoms with Gasteiger partial charge in [-0.15, -0.1) is 29.9 Å². The van der Waals surface area contributed by atoms with E-state index in [9.17, 15) is 9.90 Å². The lowest BCUT2D eigenvalue weighted by Crippen LogP contribution is -2.53. The first-order chi connectivity index (χ1) is 16.1. The van der Waals surface area contributed by atoms with E-state index in [4.69, 9.17) is 4.74 Å². The van der Waals surface area contributed by atoms with Gasteiger partial charge >= 0.3 is 0 Å². The molecule has 0 bridgehead atoms. The number of carbonyl (C=O) groups is 1. The Morgan fingerprint density at radius 3 is 2.54 bits per heavy atom. The first kappa shape index (κ1) is 29.3. The molecule has 9 heteroatoms. The Hall–Kier alpha value is -1.93. The van der Waals surface area contributed by atoms with Gasteiger partial charge in [0.2, 0.25) is 0 Å². The maximum absolute atomic E-state index is 13.0. The molecular weight excluding hydrogens is 487 g/mol. The van der Waals surface area contributed by atoms with Gasteiger partial charge in [0.25, 0.3) is 5.91 Å². The lowest BCUT2D eigenvalue weighted by molar-refractivity contribution is 0.0846. The molecule has 1 aromatic heterocycles. The van der Waals surface area contributed by atoms with Gasteiger partial charge in [0.15, 0.2) is 5.69 Å². The summed E-state index contributed by atoms with van der Waals surface area (Å²) in [7, 11) is 0. The standard InChI is InChI=1S/C26H36N4O3.2ClH/c1-2-3-9-23-22(19-10-12-21(13-11-19)33-20-7-5-4-6-8-20)16-24(30-29-23)25(32)28-26(18-31)14-15-27-17-26;;/h10-13,16,20,27,31H,2-9,14-15,17-18H2,1H3,(H,28,32);2*1H. The first-order valence-electron chi connectivity index (χ1n) is 12.4. The highest BCUT2D eigenvalue weighted by molar-refractivity contribution is 5.94. The molecular formula is C26H38Cl2N4O3. The van der Waals surface area contributed by atoms with Gasteiger partial charge in [0.05, 0.1) is 23.9 Å². The number of aromatic nitrogens is 2. The zero-order chi connectivity index (χ0) is 23.1. The second-order valence-corrected chi connectivity index (χ2v) is 9.42. The molecule has 1 saturated heterocycles. The molecule has 35 heavy (non-hydrogen) atoms. The van der Waals surface area contributed by atoms with Crippen molar-refractivity contribution in [3.8, 4) is 16.9 Å². The molecule has 1 aromatic carbocycles. The number of ether oxygens (including phenoxy) is 1. The van der Waals surface area contributed by atoms with Crippen LogP contribution in [0.5, 0.6) is 5.75 Å². The van der Waals surface area contributed by atoms with E-state index >= 15 is 0 Å². The third-order valence-electron chi connectivity index (χ3n) is 6.82. The van der Waals surface area contributed by atoms with Crippen LogP contribution in [0.25, 0.3) is 11.1 Å². The number of hydrogen-bond acceptors (Lipinski definition) is 6. The summed E-state index contributed by atoms with van der Waals surface area (Å²) in [6, 6.07) is 9.94. The lowest BCUT2D eigenvalue weighted by Gasteiger charge is -2.27. The highest BCUT2D eigenvalue weighted by Crippen LogP contribution is 2.29. The number of carbonyl (C=O) groups excluding carboxylic acids is 1. The van der Waals surface area contributed by atoms with Crippen LogP contribution in [0.2, 0.25) is 0 Å². The number of aliphatic hydroxyl groups excluding tert-OH is 1. The minimum Gasteiger partial charge on any atom is -0.490 e. The number of hydrogen-bond donors (Lipinski definition) is 3. The number of unbranched alkanes of at least 4 members (excludes halogenated alkanes) is 1. The highest BCUT2D eigenvalue weighted by atomic mass is 35.5. The number of amides is 1. The van der Waals surface area contributed by atoms with Gasteiger partial charge in [-0.1, -0.05) is 31.9 Å². The SMILES string of the molecule is CCCCc1nnc(C(=O)NC2(CO)CCNC2)cc1-c1ccc(OC2CCCCC2)cc1.Cl.Cl. The van der Waals surface area contributed by atoms with Crippen molar-refractivity contribution in [1.82, 2.24) is 20.8 Å². The number of nitrogens with zero attached hydrogens (tertiary/aromatic N) is 2. The van der Waals surface area contributed by atoms with Crippen LogP contribution in [-0.2, 0) is 6.42 Å². The van der Waals surface area contributed by atoms with E-state index in [1.165, 1.54) is 19.3 Å². The Kier molecular flexibility index (Phi) is 11.7. The Morgan fingerprint density at radius 1 is 1.17 bits per heavy atom. The van der Waals surface area contributed by atoms with Crippen molar-refractivity contribution in [3.05, 3.63) is 41.7 Å². The summed E-state index contributed by atoms with van der Waals surface area (Å²) in [6.07, 6.45) is 9.92. The van der Waals surface area contributed by atoms with Crippen LogP contribution >= 0.6 is 24.8 Å². The Balaban J connectivity index is 0.00000216. The van der Waals surface area contributed by atoms with Crippen molar-refractivity contribution >= 4 is 30.7 Å². The average molecular weight is 526 g/mol. The summed E-state index contributed by atoms with van der Waals surface area (Å²) in [5.41, 5.74) is 2.45. The van der Waals surface area contributed by atoms with Crippen molar-refractivity contribution in [2.24, 2.45) is 0 Å². The van der Waals surface area contributed by atoms with E-state index in [1.807, 2.05) is 30.3 Å². The van der Waals surface area contributed by atoms with Crippen molar-refractivity contribution < 1.29 is 14.6 Å². The molecule has 1 saturated carbocycles. The van der Waals surface area contributed by atoms with E-state index in [1.54, 1.807) is 0 Å². The summed E-state index contributed by atoms with van der Waals surface area (Å²) < 4.78 is 6.18. The molecule has 2 aromatic rings. The lowest BCUT2D eigenvalue weighted by atomic mass is 9.97. The van der Waals surface area contributed by atoms with E-state index < -0.39 is 5.54 Å². The van der Waals surface area contributed by atoms with Crippen molar-refractivity contribution in [3.63, 3.8) is 0 Å². The third-order valence-corrected chi connectivity index (χ3v) is 6.82. The molecule has 194 valence electrons. The van der Waals surface area contributed by atoms with Crippen molar-refractivity contribution in [2.45, 2.75) is 76.4 Å². The first-order valence-corrected chi connectivity index (χ1v) is 12.4. The largest absolute Gasteiger partial charge is 0.490 e. The number of rotatable bonds is 9. The summed E-state index contributed by atoms with van der Waals surface area (Å²) in [6.45, 7) is 3.36. The fourth-order valence-corrected chi connectivity index (χ4v) is 4.73. The van der Waals surface area contributed by atoms with E-state index in [-0.39, 0.29) is 43.0 Å². The summed E-state index contributed by atoms with van der Waals surface area (Å²) in [5.74, 6) is 0.583. The second kappa shape index (κ2) is 14.0. The molecule has 1 unspecified atom stereocenters. The molecule has 1 atom stereocenters. The second-order valence-electron chi connectivity index (χ2n) is 9.42. The van der Waals surface area contributed by atoms with E-state index in [2.05, 4.69) is 27.8 Å². The van der Waals surface area contributed by atoms with Gasteiger partial charge in [0, 0.05) is 12.1 Å². The average Bonchev–Trinajstić information content (AvgIpc) is 3.32. The van der Waals surface area contributed by atoms with Crippen LogP contribution in [0.1, 0.15) is 74.5 Å². The fourth-order valence-electron chi connectivity index (χ4n) is 4.73. The van der Waals surface area contributed by atoms with Crippen molar-refractivity contribution in [2.75, 3.05) is 19.7 Å². The number of benzene rings is 1. The topological polar surface area (TPSA) is 96.4 Å². The minimum absolute atomic E-state index is 0. The van der Waals surface area contributed by atoms with E-state index in [0.717, 1.165) is 61.2 Å². The van der Waals surface area contributed by atoms with Gasteiger partial charge < -0.3 is 20.5 Å².